The fourth-order valence-electron chi connectivity index (χ4n) is 2.85. The highest BCUT2D eigenvalue weighted by Gasteiger charge is 2.52. The zero-order valence-corrected chi connectivity index (χ0v) is 8.84. The van der Waals surface area contributed by atoms with Crippen LogP contribution in [-0.4, -0.2) is 36.7 Å². The minimum atomic E-state index is 0.344. The number of hydrogen-bond donors (Lipinski definition) is 1. The minimum absolute atomic E-state index is 0.344. The molecule has 0 saturated carbocycles. The van der Waals surface area contributed by atoms with Crippen LogP contribution < -0.4 is 5.48 Å². The molecule has 2 rings (SSSR count). The van der Waals surface area contributed by atoms with E-state index in [1.54, 1.807) is 0 Å². The highest BCUT2D eigenvalue weighted by Crippen LogP contribution is 2.39. The van der Waals surface area contributed by atoms with E-state index in [1.165, 1.54) is 13.0 Å². The third-order valence-corrected chi connectivity index (χ3v) is 3.61. The Morgan fingerprint density at radius 3 is 2.92 bits per heavy atom. The maximum Gasteiger partial charge on any atom is 0.0764 e. The number of hydroxylamine groups is 1. The van der Waals surface area contributed by atoms with Gasteiger partial charge in [-0.25, -0.2) is 0 Å². The van der Waals surface area contributed by atoms with Gasteiger partial charge in [-0.2, -0.15) is 5.48 Å². The fraction of sp³-hybridized carbons (Fsp3) is 1.00. The summed E-state index contributed by atoms with van der Waals surface area (Å²) < 4.78 is 0. The average Bonchev–Trinajstić information content (AvgIpc) is 2.58. The van der Waals surface area contributed by atoms with Gasteiger partial charge in [-0.1, -0.05) is 20.8 Å². The molecule has 3 heteroatoms. The third kappa shape index (κ3) is 1.30. The van der Waals surface area contributed by atoms with E-state index in [9.17, 15) is 0 Å². The zero-order valence-electron chi connectivity index (χ0n) is 8.84. The lowest BCUT2D eigenvalue weighted by atomic mass is 9.84. The van der Waals surface area contributed by atoms with Crippen molar-refractivity contribution in [3.05, 3.63) is 0 Å². The highest BCUT2D eigenvalue weighted by atomic mass is 16.7. The van der Waals surface area contributed by atoms with Gasteiger partial charge < -0.3 is 4.84 Å². The predicted molar refractivity (Wildman–Crippen MR) is 52.3 cm³/mol. The number of nitrogens with zero attached hydrogens (tertiary/aromatic N) is 1. The quantitative estimate of drug-likeness (QED) is 0.693. The number of hydrogen-bond acceptors (Lipinski definition) is 3. The Bertz CT molecular complexity index is 197. The van der Waals surface area contributed by atoms with Gasteiger partial charge in [0.15, 0.2) is 0 Å². The van der Waals surface area contributed by atoms with Crippen molar-refractivity contribution in [1.82, 2.24) is 10.4 Å². The molecule has 2 saturated heterocycles. The second-order valence-corrected chi connectivity index (χ2v) is 4.58. The Hall–Kier alpha value is -0.120. The first kappa shape index (κ1) is 9.44. The molecular weight excluding hydrogens is 164 g/mol. The van der Waals surface area contributed by atoms with Crippen molar-refractivity contribution in [2.45, 2.75) is 39.3 Å². The monoisotopic (exact) mass is 184 g/mol. The predicted octanol–water partition coefficient (Wildman–Crippen LogP) is 1.01. The molecule has 3 nitrogen and oxygen atoms in total. The summed E-state index contributed by atoms with van der Waals surface area (Å²) in [6.07, 6.45) is 1.21. The topological polar surface area (TPSA) is 24.5 Å². The van der Waals surface area contributed by atoms with E-state index >= 15 is 0 Å². The molecule has 0 aromatic heterocycles. The van der Waals surface area contributed by atoms with Crippen LogP contribution in [0.25, 0.3) is 0 Å². The van der Waals surface area contributed by atoms with Gasteiger partial charge in [0.05, 0.1) is 12.6 Å². The van der Waals surface area contributed by atoms with Gasteiger partial charge in [0.25, 0.3) is 0 Å². The molecule has 0 aliphatic carbocycles. The van der Waals surface area contributed by atoms with Crippen LogP contribution in [0.3, 0.4) is 0 Å². The molecule has 2 aliphatic rings. The number of fused-ring (bicyclic) bond motifs is 1. The maximum absolute atomic E-state index is 5.36. The Morgan fingerprint density at radius 2 is 2.31 bits per heavy atom. The summed E-state index contributed by atoms with van der Waals surface area (Å²) in [5.41, 5.74) is 3.53. The molecule has 13 heavy (non-hydrogen) atoms. The van der Waals surface area contributed by atoms with Gasteiger partial charge in [0, 0.05) is 18.0 Å². The largest absolute Gasteiger partial charge is 0.301 e. The van der Waals surface area contributed by atoms with E-state index < -0.39 is 0 Å². The normalized spacial score (nSPS) is 45.5. The average molecular weight is 184 g/mol. The van der Waals surface area contributed by atoms with E-state index in [0.29, 0.717) is 17.5 Å². The van der Waals surface area contributed by atoms with Gasteiger partial charge in [0.1, 0.15) is 0 Å². The molecule has 2 heterocycles. The fourth-order valence-corrected chi connectivity index (χ4v) is 2.85. The number of rotatable bonds is 2. The Balaban J connectivity index is 2.16. The van der Waals surface area contributed by atoms with E-state index in [1.807, 2.05) is 0 Å². The van der Waals surface area contributed by atoms with Gasteiger partial charge in [-0.15, -0.1) is 0 Å². The molecule has 2 aliphatic heterocycles. The second kappa shape index (κ2) is 3.23. The molecule has 0 amide bonds. The summed E-state index contributed by atoms with van der Waals surface area (Å²) in [4.78, 5) is 7.93. The van der Waals surface area contributed by atoms with E-state index in [2.05, 4.69) is 31.2 Å². The van der Waals surface area contributed by atoms with Gasteiger partial charge >= 0.3 is 0 Å². The van der Waals surface area contributed by atoms with Crippen LogP contribution in [0.1, 0.15) is 27.2 Å². The first-order valence-corrected chi connectivity index (χ1v) is 5.32. The smallest absolute Gasteiger partial charge is 0.0764 e. The van der Waals surface area contributed by atoms with Crippen molar-refractivity contribution in [2.75, 3.05) is 19.7 Å². The lowest BCUT2D eigenvalue weighted by Crippen LogP contribution is -2.41. The SMILES string of the molecule is CC[C@H]1[C@@H]2NOC[C@]2(C)CN1CC. The maximum atomic E-state index is 5.36. The van der Waals surface area contributed by atoms with E-state index in [0.717, 1.165) is 13.2 Å². The van der Waals surface area contributed by atoms with E-state index in [-0.39, 0.29) is 0 Å². The summed E-state index contributed by atoms with van der Waals surface area (Å²) in [7, 11) is 0. The minimum Gasteiger partial charge on any atom is -0.301 e. The highest BCUT2D eigenvalue weighted by molar-refractivity contribution is 5.05. The van der Waals surface area contributed by atoms with Gasteiger partial charge in [-0.3, -0.25) is 4.90 Å². The van der Waals surface area contributed by atoms with Gasteiger partial charge in [0.2, 0.25) is 0 Å². The third-order valence-electron chi connectivity index (χ3n) is 3.61. The lowest BCUT2D eigenvalue weighted by Gasteiger charge is -2.24. The first-order chi connectivity index (χ1) is 6.21. The second-order valence-electron chi connectivity index (χ2n) is 4.58. The number of nitrogens with one attached hydrogen (secondary N) is 1. The molecule has 0 aromatic carbocycles. The van der Waals surface area contributed by atoms with Crippen molar-refractivity contribution in [3.63, 3.8) is 0 Å². The molecule has 76 valence electrons. The van der Waals surface area contributed by atoms with Crippen LogP contribution in [0.5, 0.6) is 0 Å². The summed E-state index contributed by atoms with van der Waals surface area (Å²) in [6, 6.07) is 1.20. The van der Waals surface area contributed by atoms with Crippen molar-refractivity contribution >= 4 is 0 Å². The van der Waals surface area contributed by atoms with Gasteiger partial charge in [-0.05, 0) is 13.0 Å². The van der Waals surface area contributed by atoms with E-state index in [4.69, 9.17) is 4.84 Å². The Morgan fingerprint density at radius 1 is 1.54 bits per heavy atom. The van der Waals surface area contributed by atoms with Crippen molar-refractivity contribution in [3.8, 4) is 0 Å². The van der Waals surface area contributed by atoms with Crippen molar-refractivity contribution in [1.29, 1.82) is 0 Å². The van der Waals surface area contributed by atoms with Crippen molar-refractivity contribution in [2.24, 2.45) is 5.41 Å². The summed E-state index contributed by atoms with van der Waals surface area (Å²) in [5, 5.41) is 0. The lowest BCUT2D eigenvalue weighted by molar-refractivity contribution is 0.0519. The molecule has 0 aromatic rings. The van der Waals surface area contributed by atoms with Crippen molar-refractivity contribution < 1.29 is 4.84 Å². The molecular formula is C10H20N2O. The molecule has 0 spiro atoms. The molecule has 2 fully saturated rings. The zero-order chi connectivity index (χ0) is 9.47. The molecule has 0 unspecified atom stereocenters. The molecule has 3 atom stereocenters. The summed E-state index contributed by atoms with van der Waals surface area (Å²) >= 11 is 0. The first-order valence-electron chi connectivity index (χ1n) is 5.32. The Kier molecular flexibility index (Phi) is 2.34. The standard InChI is InChI=1S/C10H20N2O/c1-4-8-9-10(3,7-13-11-9)6-12(8)5-2/h8-9,11H,4-7H2,1-3H3/t8-,9-,10-/m0/s1. The van der Waals surface area contributed by atoms with Crippen LogP contribution >= 0.6 is 0 Å². The van der Waals surface area contributed by atoms with Crippen LogP contribution in [0, 0.1) is 5.41 Å². The number of likely N-dealkylation sites (N-methyl/N-ethyl adjacent to an activating group) is 1. The molecule has 0 radical (unpaired) electrons. The van der Waals surface area contributed by atoms with Crippen LogP contribution in [-0.2, 0) is 4.84 Å². The summed E-state index contributed by atoms with van der Waals surface area (Å²) in [6.45, 7) is 10.0. The molecule has 1 N–H and O–H groups in total. The number of likely N-dealkylation sites (tertiary alicyclic amines) is 1. The summed E-state index contributed by atoms with van der Waals surface area (Å²) in [5.74, 6) is 0. The van der Waals surface area contributed by atoms with Crippen LogP contribution in [0.2, 0.25) is 0 Å². The van der Waals surface area contributed by atoms with Crippen LogP contribution in [0.4, 0.5) is 0 Å². The molecule has 0 bridgehead atoms. The Labute approximate surface area is 80.4 Å². The van der Waals surface area contributed by atoms with Crippen LogP contribution in [0.15, 0.2) is 0 Å².